The van der Waals surface area contributed by atoms with E-state index < -0.39 is 6.10 Å². The normalized spacial score (nSPS) is 19.2. The van der Waals surface area contributed by atoms with Gasteiger partial charge in [-0.2, -0.15) is 0 Å². The molecular formula is C21H30N2O3. The summed E-state index contributed by atoms with van der Waals surface area (Å²) in [7, 11) is 0. The Labute approximate surface area is 156 Å². The molecule has 1 heterocycles. The third-order valence-electron chi connectivity index (χ3n) is 5.24. The van der Waals surface area contributed by atoms with Gasteiger partial charge in [0.25, 0.3) is 5.91 Å². The average molecular weight is 358 g/mol. The van der Waals surface area contributed by atoms with Gasteiger partial charge in [0.05, 0.1) is 0 Å². The van der Waals surface area contributed by atoms with E-state index in [0.29, 0.717) is 25.6 Å². The minimum atomic E-state index is -0.527. The topological polar surface area (TPSA) is 49.9 Å². The summed E-state index contributed by atoms with van der Waals surface area (Å²) in [6.07, 6.45) is 2.36. The minimum absolute atomic E-state index is 0.00396. The molecule has 1 aromatic carbocycles. The molecule has 5 nitrogen and oxygen atoms in total. The SMILES string of the molecule is CC(Oc1ccccc1C(C)C)C(=O)N1CCCN(C(=O)C2CC2)CC1. The highest BCUT2D eigenvalue weighted by atomic mass is 16.5. The van der Waals surface area contributed by atoms with Gasteiger partial charge in [0.1, 0.15) is 5.75 Å². The number of ether oxygens (including phenoxy) is 1. The maximum absolute atomic E-state index is 12.9. The van der Waals surface area contributed by atoms with Crippen LogP contribution in [0.5, 0.6) is 5.75 Å². The smallest absolute Gasteiger partial charge is 0.263 e. The van der Waals surface area contributed by atoms with Crippen molar-refractivity contribution in [2.75, 3.05) is 26.2 Å². The van der Waals surface area contributed by atoms with Crippen molar-refractivity contribution in [3.05, 3.63) is 29.8 Å². The summed E-state index contributed by atoms with van der Waals surface area (Å²) < 4.78 is 6.01. The summed E-state index contributed by atoms with van der Waals surface area (Å²) in [4.78, 5) is 28.9. The first-order valence-electron chi connectivity index (χ1n) is 9.80. The fraction of sp³-hybridized carbons (Fsp3) is 0.619. The molecule has 0 radical (unpaired) electrons. The van der Waals surface area contributed by atoms with E-state index in [1.54, 1.807) is 0 Å². The molecule has 3 rings (SSSR count). The van der Waals surface area contributed by atoms with Gasteiger partial charge < -0.3 is 14.5 Å². The van der Waals surface area contributed by atoms with Crippen LogP contribution in [0.3, 0.4) is 0 Å². The van der Waals surface area contributed by atoms with Gasteiger partial charge in [0, 0.05) is 32.1 Å². The number of rotatable bonds is 5. The number of benzene rings is 1. The lowest BCUT2D eigenvalue weighted by molar-refractivity contribution is -0.138. The van der Waals surface area contributed by atoms with Crippen molar-refractivity contribution in [3.63, 3.8) is 0 Å². The van der Waals surface area contributed by atoms with Gasteiger partial charge in [-0.25, -0.2) is 0 Å². The predicted octanol–water partition coefficient (Wildman–Crippen LogP) is 3.05. The highest BCUT2D eigenvalue weighted by molar-refractivity contribution is 5.82. The Kier molecular flexibility index (Phi) is 5.84. The summed E-state index contributed by atoms with van der Waals surface area (Å²) in [5.74, 6) is 1.64. The van der Waals surface area contributed by atoms with Crippen LogP contribution in [0.2, 0.25) is 0 Å². The van der Waals surface area contributed by atoms with Crippen LogP contribution in [0.15, 0.2) is 24.3 Å². The summed E-state index contributed by atoms with van der Waals surface area (Å²) in [5, 5.41) is 0. The molecule has 0 aromatic heterocycles. The molecule has 26 heavy (non-hydrogen) atoms. The number of para-hydroxylation sites is 1. The minimum Gasteiger partial charge on any atom is -0.481 e. The maximum atomic E-state index is 12.9. The second-order valence-electron chi connectivity index (χ2n) is 7.73. The summed E-state index contributed by atoms with van der Waals surface area (Å²) in [6.45, 7) is 8.73. The monoisotopic (exact) mass is 358 g/mol. The van der Waals surface area contributed by atoms with Crippen molar-refractivity contribution < 1.29 is 14.3 Å². The molecule has 0 N–H and O–H groups in total. The van der Waals surface area contributed by atoms with Gasteiger partial charge >= 0.3 is 0 Å². The van der Waals surface area contributed by atoms with Crippen LogP contribution in [0.4, 0.5) is 0 Å². The van der Waals surface area contributed by atoms with E-state index in [9.17, 15) is 9.59 Å². The number of amides is 2. The zero-order chi connectivity index (χ0) is 18.7. The van der Waals surface area contributed by atoms with Gasteiger partial charge in [0.15, 0.2) is 6.10 Å². The van der Waals surface area contributed by atoms with Crippen LogP contribution in [0.25, 0.3) is 0 Å². The number of carbonyl (C=O) groups excluding carboxylic acids is 2. The van der Waals surface area contributed by atoms with Gasteiger partial charge in [-0.3, -0.25) is 9.59 Å². The predicted molar refractivity (Wildman–Crippen MR) is 101 cm³/mol. The molecule has 1 aliphatic heterocycles. The molecule has 0 bridgehead atoms. The molecule has 2 aliphatic rings. The molecule has 1 unspecified atom stereocenters. The first-order chi connectivity index (χ1) is 12.5. The number of hydrogen-bond acceptors (Lipinski definition) is 3. The third-order valence-corrected chi connectivity index (χ3v) is 5.24. The van der Waals surface area contributed by atoms with E-state index in [1.165, 1.54) is 0 Å². The standard InChI is InChI=1S/C21H30N2O3/c1-15(2)18-7-4-5-8-19(18)26-16(3)20(24)22-11-6-12-23(14-13-22)21(25)17-9-10-17/h4-5,7-8,15-17H,6,9-14H2,1-3H3. The quantitative estimate of drug-likeness (QED) is 0.813. The molecule has 2 amide bonds. The summed E-state index contributed by atoms with van der Waals surface area (Å²) in [6, 6.07) is 7.91. The lowest BCUT2D eigenvalue weighted by atomic mass is 10.0. The number of carbonyl (C=O) groups is 2. The molecule has 1 aromatic rings. The molecule has 142 valence electrons. The lowest BCUT2D eigenvalue weighted by Gasteiger charge is -2.26. The van der Waals surface area contributed by atoms with Crippen molar-refractivity contribution in [1.82, 2.24) is 9.80 Å². The molecule has 0 spiro atoms. The van der Waals surface area contributed by atoms with Crippen LogP contribution in [-0.4, -0.2) is 53.9 Å². The highest BCUT2D eigenvalue weighted by Crippen LogP contribution is 2.31. The molecule has 5 heteroatoms. The van der Waals surface area contributed by atoms with Crippen LogP contribution >= 0.6 is 0 Å². The van der Waals surface area contributed by atoms with Crippen LogP contribution in [0, 0.1) is 5.92 Å². The highest BCUT2D eigenvalue weighted by Gasteiger charge is 2.34. The zero-order valence-corrected chi connectivity index (χ0v) is 16.1. The van der Waals surface area contributed by atoms with Crippen molar-refractivity contribution in [2.45, 2.75) is 52.1 Å². The number of nitrogens with zero attached hydrogens (tertiary/aromatic N) is 2. The van der Waals surface area contributed by atoms with Crippen LogP contribution < -0.4 is 4.74 Å². The Morgan fingerprint density at radius 2 is 1.65 bits per heavy atom. The second-order valence-corrected chi connectivity index (χ2v) is 7.73. The second kappa shape index (κ2) is 8.11. The first-order valence-corrected chi connectivity index (χ1v) is 9.80. The summed E-state index contributed by atoms with van der Waals surface area (Å²) in [5.41, 5.74) is 1.12. The summed E-state index contributed by atoms with van der Waals surface area (Å²) >= 11 is 0. The zero-order valence-electron chi connectivity index (χ0n) is 16.1. The third kappa shape index (κ3) is 4.37. The van der Waals surface area contributed by atoms with Crippen molar-refractivity contribution in [2.24, 2.45) is 5.92 Å². The van der Waals surface area contributed by atoms with Gasteiger partial charge in [-0.15, -0.1) is 0 Å². The van der Waals surface area contributed by atoms with E-state index >= 15 is 0 Å². The molecule has 1 saturated heterocycles. The molecule has 1 saturated carbocycles. The fourth-order valence-corrected chi connectivity index (χ4v) is 3.51. The van der Waals surface area contributed by atoms with Crippen LogP contribution in [0.1, 0.15) is 51.5 Å². The first kappa shape index (κ1) is 18.7. The van der Waals surface area contributed by atoms with Crippen molar-refractivity contribution >= 4 is 11.8 Å². The molecule has 1 atom stereocenters. The Morgan fingerprint density at radius 1 is 1.00 bits per heavy atom. The number of hydrogen-bond donors (Lipinski definition) is 0. The van der Waals surface area contributed by atoms with Gasteiger partial charge in [0.2, 0.25) is 5.91 Å². The Hall–Kier alpha value is -2.04. The molecule has 1 aliphatic carbocycles. The van der Waals surface area contributed by atoms with E-state index in [2.05, 4.69) is 13.8 Å². The van der Waals surface area contributed by atoms with Gasteiger partial charge in [-0.05, 0) is 43.7 Å². The maximum Gasteiger partial charge on any atom is 0.263 e. The van der Waals surface area contributed by atoms with E-state index in [1.807, 2.05) is 41.0 Å². The van der Waals surface area contributed by atoms with Crippen molar-refractivity contribution in [3.8, 4) is 5.75 Å². The Balaban J connectivity index is 1.59. The van der Waals surface area contributed by atoms with E-state index in [4.69, 9.17) is 4.74 Å². The van der Waals surface area contributed by atoms with E-state index in [-0.39, 0.29) is 17.7 Å². The Morgan fingerprint density at radius 3 is 2.35 bits per heavy atom. The largest absolute Gasteiger partial charge is 0.481 e. The van der Waals surface area contributed by atoms with E-state index in [0.717, 1.165) is 37.1 Å². The van der Waals surface area contributed by atoms with Gasteiger partial charge in [-0.1, -0.05) is 32.0 Å². The molecular weight excluding hydrogens is 328 g/mol. The fourth-order valence-electron chi connectivity index (χ4n) is 3.51. The van der Waals surface area contributed by atoms with Crippen molar-refractivity contribution in [1.29, 1.82) is 0 Å². The Bertz CT molecular complexity index is 654. The van der Waals surface area contributed by atoms with Crippen LogP contribution in [-0.2, 0) is 9.59 Å². The molecule has 2 fully saturated rings. The average Bonchev–Trinajstić information content (AvgIpc) is 3.47. The lowest BCUT2D eigenvalue weighted by Crippen LogP contribution is -2.43.